The van der Waals surface area contributed by atoms with Gasteiger partial charge < -0.3 is 10.2 Å². The molecule has 0 saturated carbocycles. The third kappa shape index (κ3) is 2.98. The SMILES string of the molecule is CC(=O)N(CC(=O)N1CC(=O)NC1(C)C)N1CCCC1=O. The van der Waals surface area contributed by atoms with Gasteiger partial charge in [-0.05, 0) is 20.3 Å². The highest BCUT2D eigenvalue weighted by Gasteiger charge is 2.41. The molecular formula is C13H20N4O4. The van der Waals surface area contributed by atoms with Crippen LogP contribution in [0.15, 0.2) is 0 Å². The van der Waals surface area contributed by atoms with E-state index in [1.807, 2.05) is 0 Å². The Balaban J connectivity index is 2.10. The van der Waals surface area contributed by atoms with E-state index in [-0.39, 0.29) is 36.7 Å². The molecule has 2 rings (SSSR count). The van der Waals surface area contributed by atoms with Crippen LogP contribution in [0, 0.1) is 0 Å². The van der Waals surface area contributed by atoms with Crippen molar-refractivity contribution in [1.82, 2.24) is 20.2 Å². The second-order valence-electron chi connectivity index (χ2n) is 5.78. The second-order valence-corrected chi connectivity index (χ2v) is 5.78. The van der Waals surface area contributed by atoms with E-state index in [1.165, 1.54) is 16.8 Å². The van der Waals surface area contributed by atoms with Crippen LogP contribution in [0.4, 0.5) is 0 Å². The Labute approximate surface area is 123 Å². The number of nitrogens with one attached hydrogen (secondary N) is 1. The standard InChI is InChI=1S/C13H20N4O4/c1-9(18)17(16-6-4-5-11(16)20)8-12(21)15-7-10(19)14-13(15,2)3/h4-8H2,1-3H3,(H,14,19). The molecule has 0 radical (unpaired) electrons. The fraction of sp³-hybridized carbons (Fsp3) is 0.692. The molecule has 2 aliphatic heterocycles. The molecule has 2 fully saturated rings. The van der Waals surface area contributed by atoms with E-state index >= 15 is 0 Å². The van der Waals surface area contributed by atoms with Gasteiger partial charge in [-0.25, -0.2) is 5.01 Å². The Morgan fingerprint density at radius 1 is 1.33 bits per heavy atom. The zero-order valence-corrected chi connectivity index (χ0v) is 12.5. The normalized spacial score (nSPS) is 20.7. The first-order valence-corrected chi connectivity index (χ1v) is 6.92. The zero-order valence-electron chi connectivity index (χ0n) is 12.5. The van der Waals surface area contributed by atoms with Crippen molar-refractivity contribution < 1.29 is 19.2 Å². The van der Waals surface area contributed by atoms with E-state index < -0.39 is 5.66 Å². The molecule has 2 aliphatic rings. The lowest BCUT2D eigenvalue weighted by Gasteiger charge is -2.35. The molecule has 0 unspecified atom stereocenters. The molecule has 116 valence electrons. The van der Waals surface area contributed by atoms with Gasteiger partial charge in [0.2, 0.25) is 23.6 Å². The Hall–Kier alpha value is -2.12. The number of carbonyl (C=O) groups excluding carboxylic acids is 4. The van der Waals surface area contributed by atoms with Gasteiger partial charge in [-0.1, -0.05) is 0 Å². The van der Waals surface area contributed by atoms with Gasteiger partial charge in [0.05, 0.1) is 0 Å². The number of hydrazine groups is 1. The average Bonchev–Trinajstić information content (AvgIpc) is 2.88. The van der Waals surface area contributed by atoms with Crippen molar-refractivity contribution >= 4 is 23.6 Å². The summed E-state index contributed by atoms with van der Waals surface area (Å²) in [7, 11) is 0. The zero-order chi connectivity index (χ0) is 15.8. The van der Waals surface area contributed by atoms with Crippen LogP contribution in [0.3, 0.4) is 0 Å². The molecule has 21 heavy (non-hydrogen) atoms. The minimum atomic E-state index is -0.786. The molecule has 0 aromatic carbocycles. The maximum atomic E-state index is 12.4. The topological polar surface area (TPSA) is 90.0 Å². The summed E-state index contributed by atoms with van der Waals surface area (Å²) in [6, 6.07) is 0. The van der Waals surface area contributed by atoms with Crippen LogP contribution < -0.4 is 5.32 Å². The predicted molar refractivity (Wildman–Crippen MR) is 72.3 cm³/mol. The molecule has 2 saturated heterocycles. The van der Waals surface area contributed by atoms with Gasteiger partial charge in [0.25, 0.3) is 0 Å². The van der Waals surface area contributed by atoms with Crippen molar-refractivity contribution in [2.24, 2.45) is 0 Å². The Kier molecular flexibility index (Phi) is 3.89. The van der Waals surface area contributed by atoms with Crippen molar-refractivity contribution in [3.63, 3.8) is 0 Å². The highest BCUT2D eigenvalue weighted by Crippen LogP contribution is 2.19. The summed E-state index contributed by atoms with van der Waals surface area (Å²) < 4.78 is 0. The first-order valence-electron chi connectivity index (χ1n) is 6.92. The third-order valence-electron chi connectivity index (χ3n) is 3.71. The number of hydrogen-bond acceptors (Lipinski definition) is 4. The van der Waals surface area contributed by atoms with Crippen molar-refractivity contribution in [2.75, 3.05) is 19.6 Å². The van der Waals surface area contributed by atoms with Crippen molar-refractivity contribution in [3.05, 3.63) is 0 Å². The molecule has 0 aromatic heterocycles. The van der Waals surface area contributed by atoms with Gasteiger partial charge in [0, 0.05) is 19.9 Å². The van der Waals surface area contributed by atoms with E-state index in [9.17, 15) is 19.2 Å². The largest absolute Gasteiger partial charge is 0.332 e. The second kappa shape index (κ2) is 5.34. The molecule has 4 amide bonds. The van der Waals surface area contributed by atoms with E-state index in [2.05, 4.69) is 5.32 Å². The maximum Gasteiger partial charge on any atom is 0.246 e. The molecule has 0 aliphatic carbocycles. The lowest BCUT2D eigenvalue weighted by Crippen LogP contribution is -2.55. The summed E-state index contributed by atoms with van der Waals surface area (Å²) in [6.45, 7) is 4.92. The minimum Gasteiger partial charge on any atom is -0.332 e. The van der Waals surface area contributed by atoms with Crippen LogP contribution in [-0.2, 0) is 19.2 Å². The van der Waals surface area contributed by atoms with Crippen molar-refractivity contribution in [1.29, 1.82) is 0 Å². The summed E-state index contributed by atoms with van der Waals surface area (Å²) in [6.07, 6.45) is 1.05. The van der Waals surface area contributed by atoms with Crippen LogP contribution in [0.25, 0.3) is 0 Å². The summed E-state index contributed by atoms with van der Waals surface area (Å²) >= 11 is 0. The van der Waals surface area contributed by atoms with E-state index in [0.717, 1.165) is 5.01 Å². The molecule has 0 bridgehead atoms. The summed E-state index contributed by atoms with van der Waals surface area (Å²) in [4.78, 5) is 48.7. The molecule has 0 aromatic rings. The van der Waals surface area contributed by atoms with Crippen LogP contribution in [0.1, 0.15) is 33.6 Å². The Bertz CT molecular complexity index is 502. The maximum absolute atomic E-state index is 12.4. The molecule has 8 heteroatoms. The highest BCUT2D eigenvalue weighted by molar-refractivity contribution is 5.92. The summed E-state index contributed by atoms with van der Waals surface area (Å²) in [5.74, 6) is -1.13. The van der Waals surface area contributed by atoms with Gasteiger partial charge in [0.15, 0.2) is 0 Å². The monoisotopic (exact) mass is 296 g/mol. The number of amides is 4. The van der Waals surface area contributed by atoms with E-state index in [1.54, 1.807) is 13.8 Å². The van der Waals surface area contributed by atoms with E-state index in [4.69, 9.17) is 0 Å². The van der Waals surface area contributed by atoms with Crippen molar-refractivity contribution in [2.45, 2.75) is 39.3 Å². The smallest absolute Gasteiger partial charge is 0.246 e. The number of nitrogens with zero attached hydrogens (tertiary/aromatic N) is 3. The molecular weight excluding hydrogens is 276 g/mol. The molecule has 0 atom stereocenters. The lowest BCUT2D eigenvalue weighted by molar-refractivity contribution is -0.163. The summed E-state index contributed by atoms with van der Waals surface area (Å²) in [5.41, 5.74) is -0.786. The predicted octanol–water partition coefficient (Wildman–Crippen LogP) is -0.933. The fourth-order valence-electron chi connectivity index (χ4n) is 2.66. The van der Waals surface area contributed by atoms with Crippen LogP contribution in [0.2, 0.25) is 0 Å². The fourth-order valence-corrected chi connectivity index (χ4v) is 2.66. The van der Waals surface area contributed by atoms with Crippen molar-refractivity contribution in [3.8, 4) is 0 Å². The molecule has 2 heterocycles. The average molecular weight is 296 g/mol. The molecule has 1 N–H and O–H groups in total. The molecule has 8 nitrogen and oxygen atoms in total. The number of carbonyl (C=O) groups is 4. The first kappa shape index (κ1) is 15.3. The van der Waals surface area contributed by atoms with Crippen LogP contribution in [0.5, 0.6) is 0 Å². The Morgan fingerprint density at radius 2 is 2.00 bits per heavy atom. The number of hydrogen-bond donors (Lipinski definition) is 1. The summed E-state index contributed by atoms with van der Waals surface area (Å²) in [5, 5.41) is 5.17. The van der Waals surface area contributed by atoms with Gasteiger partial charge in [0.1, 0.15) is 18.8 Å². The van der Waals surface area contributed by atoms with Gasteiger partial charge >= 0.3 is 0 Å². The molecule has 0 spiro atoms. The first-order chi connectivity index (χ1) is 9.72. The number of rotatable bonds is 3. The Morgan fingerprint density at radius 3 is 2.43 bits per heavy atom. The minimum absolute atomic E-state index is 0.0362. The van der Waals surface area contributed by atoms with E-state index in [0.29, 0.717) is 19.4 Å². The van der Waals surface area contributed by atoms with Gasteiger partial charge in [-0.15, -0.1) is 0 Å². The van der Waals surface area contributed by atoms with Gasteiger partial charge in [-0.3, -0.25) is 24.2 Å². The van der Waals surface area contributed by atoms with Gasteiger partial charge in [-0.2, -0.15) is 0 Å². The van der Waals surface area contributed by atoms with Crippen LogP contribution in [-0.4, -0.2) is 63.8 Å². The highest BCUT2D eigenvalue weighted by atomic mass is 16.2. The lowest BCUT2D eigenvalue weighted by atomic mass is 10.2. The van der Waals surface area contributed by atoms with Crippen LogP contribution >= 0.6 is 0 Å². The quantitative estimate of drug-likeness (QED) is 0.728. The third-order valence-corrected chi connectivity index (χ3v) is 3.71.